The van der Waals surface area contributed by atoms with Crippen molar-refractivity contribution in [1.29, 1.82) is 0 Å². The monoisotopic (exact) mass is 241 g/mol. The van der Waals surface area contributed by atoms with Gasteiger partial charge in [-0.3, -0.25) is 0 Å². The van der Waals surface area contributed by atoms with E-state index in [1.807, 2.05) is 0 Å². The molecule has 0 aliphatic carbocycles. The molecule has 5 unspecified atom stereocenters. The van der Waals surface area contributed by atoms with E-state index in [1.54, 1.807) is 0 Å². The Morgan fingerprint density at radius 1 is 1.07 bits per heavy atom. The van der Waals surface area contributed by atoms with Crippen LogP contribution in [0.2, 0.25) is 42.8 Å². The van der Waals surface area contributed by atoms with Gasteiger partial charge in [-0.05, 0) is 0 Å². The van der Waals surface area contributed by atoms with Crippen molar-refractivity contribution in [3.05, 3.63) is 10.4 Å². The fourth-order valence-corrected chi connectivity index (χ4v) is 93.3. The van der Waals surface area contributed by atoms with Crippen LogP contribution in [0.15, 0.2) is 5.11 Å². The Morgan fingerprint density at radius 3 is 1.87 bits per heavy atom. The van der Waals surface area contributed by atoms with Gasteiger partial charge in [0.15, 0.2) is 0 Å². The molecule has 5 atom stereocenters. The molecule has 78 valence electrons. The van der Waals surface area contributed by atoms with Gasteiger partial charge in [0.1, 0.15) is 0 Å². The van der Waals surface area contributed by atoms with Gasteiger partial charge >= 0.3 is 76.3 Å². The summed E-state index contributed by atoms with van der Waals surface area (Å²) in [4.78, 5) is 13.3. The summed E-state index contributed by atoms with van der Waals surface area (Å²) in [6.45, 7) is -0.515. The van der Waals surface area contributed by atoms with Crippen LogP contribution in [-0.2, 0) is 6.51 Å². The average Bonchev–Trinajstić information content (AvgIpc) is 3.14. The van der Waals surface area contributed by atoms with E-state index in [9.17, 15) is 0 Å². The third-order valence-corrected chi connectivity index (χ3v) is 59.6. The molecule has 0 saturated carbocycles. The SMILES string of the molecule is C[C]12[CH]3[CH]4[CH]5[C]1(N=[N+]=[N-])[Fe]43521678[CH]2[CH]1[CH]6[CH]7[CH]28. The van der Waals surface area contributed by atoms with E-state index in [-0.39, 0.29) is 0 Å². The van der Waals surface area contributed by atoms with E-state index in [2.05, 4.69) is 16.9 Å². The van der Waals surface area contributed by atoms with Crippen LogP contribution >= 0.6 is 0 Å². The molecule has 0 amide bonds. The number of fused-ring (bicyclic) bond motifs is 10. The van der Waals surface area contributed by atoms with Gasteiger partial charge in [0.25, 0.3) is 0 Å². The third-order valence-electron chi connectivity index (χ3n) is 15.7. The summed E-state index contributed by atoms with van der Waals surface area (Å²) in [5.41, 5.74) is 9.00. The number of hydrogen-bond donors (Lipinski definition) is 0. The minimum atomic E-state index is -3.13. The fourth-order valence-electron chi connectivity index (χ4n) is 17.8. The van der Waals surface area contributed by atoms with Gasteiger partial charge in [-0.2, -0.15) is 0 Å². The van der Waals surface area contributed by atoms with Crippen molar-refractivity contribution in [3.63, 3.8) is 0 Å². The first-order valence-corrected chi connectivity index (χ1v) is 12.5. The zero-order valence-electron chi connectivity index (χ0n) is 8.31. The van der Waals surface area contributed by atoms with Crippen molar-refractivity contribution in [2.75, 3.05) is 0 Å². The third kappa shape index (κ3) is 0.0363. The van der Waals surface area contributed by atoms with Crippen molar-refractivity contribution >= 4 is 0 Å². The van der Waals surface area contributed by atoms with Gasteiger partial charge in [-0.15, -0.1) is 0 Å². The van der Waals surface area contributed by atoms with Crippen LogP contribution in [0.1, 0.15) is 6.92 Å². The van der Waals surface area contributed by atoms with E-state index >= 15 is 0 Å². The number of nitrogens with zero attached hydrogens (tertiary/aromatic N) is 3. The zero-order chi connectivity index (χ0) is 9.35. The van der Waals surface area contributed by atoms with E-state index in [0.717, 1.165) is 9.13 Å². The topological polar surface area (TPSA) is 48.8 Å². The van der Waals surface area contributed by atoms with Crippen LogP contribution in [0.3, 0.4) is 0 Å². The summed E-state index contributed by atoms with van der Waals surface area (Å²) < 4.78 is 1.11. The molecule has 0 bridgehead atoms. The normalized spacial score (nSPS) is 138. The Hall–Kier alpha value is -0.171. The van der Waals surface area contributed by atoms with Crippen molar-refractivity contribution in [1.82, 2.24) is 0 Å². The summed E-state index contributed by atoms with van der Waals surface area (Å²) in [5.74, 6) is 0. The van der Waals surface area contributed by atoms with Gasteiger partial charge in [0, 0.05) is 0 Å². The maximum atomic E-state index is 9.00. The number of hydrogen-bond acceptors (Lipinski definition) is 1. The van der Waals surface area contributed by atoms with Gasteiger partial charge in [0.2, 0.25) is 0 Å². The van der Waals surface area contributed by atoms with E-state index in [1.165, 1.54) is 33.7 Å². The maximum absolute atomic E-state index is 9.00. The molecule has 1 spiro atoms. The summed E-state index contributed by atoms with van der Waals surface area (Å²) >= 11 is 0. The van der Waals surface area contributed by atoms with Crippen LogP contribution in [0.5, 0.6) is 0 Å². The molecule has 10 saturated heterocycles. The first-order chi connectivity index (χ1) is 7.00. The molecule has 0 aromatic rings. The summed E-state index contributed by atoms with van der Waals surface area (Å²) in [6, 6.07) is 0. The van der Waals surface area contributed by atoms with Crippen molar-refractivity contribution < 1.29 is 6.51 Å². The Morgan fingerprint density at radius 2 is 1.67 bits per heavy atom. The number of rotatable bonds is 1. The minimum absolute atomic E-state index is 0.390. The van der Waals surface area contributed by atoms with Crippen molar-refractivity contribution in [3.8, 4) is 0 Å². The van der Waals surface area contributed by atoms with E-state index in [4.69, 9.17) is 5.53 Å². The molecule has 10 heterocycles. The van der Waals surface area contributed by atoms with Gasteiger partial charge in [0.05, 0.1) is 0 Å². The van der Waals surface area contributed by atoms with Crippen LogP contribution in [0, 0.1) is 0 Å². The van der Waals surface area contributed by atoms with E-state index < -0.39 is 6.51 Å². The average molecular weight is 241 g/mol. The predicted octanol–water partition coefficient (Wildman–Crippen LogP) is 3.98. The second kappa shape index (κ2) is 0.332. The fraction of sp³-hybridized carbons (Fsp3) is 1.00. The second-order valence-corrected chi connectivity index (χ2v) is 33.7. The van der Waals surface area contributed by atoms with E-state index in [0.29, 0.717) is 4.44 Å². The summed E-state index contributed by atoms with van der Waals surface area (Å²) in [7, 11) is 0. The molecule has 10 aliphatic heterocycles. The quantitative estimate of drug-likeness (QED) is 0.288. The van der Waals surface area contributed by atoms with Gasteiger partial charge in [-0.1, -0.05) is 0 Å². The first-order valence-electron chi connectivity index (χ1n) is 6.27. The number of azide groups is 1. The summed E-state index contributed by atoms with van der Waals surface area (Å²) in [6.07, 6.45) is 0. The second-order valence-electron chi connectivity index (χ2n) is 10.3. The molecular weight excluding hydrogens is 230 g/mol. The molecule has 10 fully saturated rings. The molecule has 10 aliphatic rings. The Kier molecular flexibility index (Phi) is 0.110. The van der Waals surface area contributed by atoms with Crippen molar-refractivity contribution in [2.24, 2.45) is 5.11 Å². The molecule has 0 aromatic heterocycles. The molecule has 3 nitrogen and oxygen atoms in total. The van der Waals surface area contributed by atoms with Gasteiger partial charge in [-0.25, -0.2) is 0 Å². The molecule has 0 radical (unpaired) electrons. The molecule has 0 N–H and O–H groups in total. The van der Waals surface area contributed by atoms with Crippen LogP contribution < -0.4 is 0 Å². The molecular formula is C11H11FeN3. The van der Waals surface area contributed by atoms with Crippen molar-refractivity contribution in [2.45, 2.75) is 54.2 Å². The van der Waals surface area contributed by atoms with Crippen LogP contribution in [0.25, 0.3) is 10.4 Å². The Bertz CT molecular complexity index is 993. The molecule has 0 aromatic carbocycles. The molecule has 4 heteroatoms. The Balaban J connectivity index is 1.95. The van der Waals surface area contributed by atoms with Crippen LogP contribution in [-0.4, -0.2) is 4.44 Å². The zero-order valence-corrected chi connectivity index (χ0v) is 9.42. The first kappa shape index (κ1) is 4.99. The Labute approximate surface area is 76.5 Å². The predicted molar refractivity (Wildman–Crippen MR) is 50.2 cm³/mol. The van der Waals surface area contributed by atoms with Crippen LogP contribution in [0.4, 0.5) is 0 Å². The summed E-state index contributed by atoms with van der Waals surface area (Å²) in [5, 5.41) is 4.58. The van der Waals surface area contributed by atoms with Gasteiger partial charge < -0.3 is 0 Å². The standard InChI is InChI=1S/C6H6N3.C5H5.Fe/c1-5-3-2-4-6(5)8-9-7;1-2-4-5-3-1;/h2-4H,1H3;1-5H;. The molecule has 15 heavy (non-hydrogen) atoms. The molecule has 10 rings (SSSR count).